The van der Waals surface area contributed by atoms with Crippen molar-refractivity contribution in [1.82, 2.24) is 0 Å². The van der Waals surface area contributed by atoms with Crippen molar-refractivity contribution in [3.8, 4) is 6.07 Å². The van der Waals surface area contributed by atoms with Gasteiger partial charge in [-0.1, -0.05) is 20.8 Å². The van der Waals surface area contributed by atoms with Crippen LogP contribution in [0, 0.1) is 16.7 Å². The molecule has 0 aromatic heterocycles. The summed E-state index contributed by atoms with van der Waals surface area (Å²) in [7, 11) is 1.63. The molecule has 0 aromatic rings. The fraction of sp³-hybridized carbons (Fsp3) is 0.714. The molecule has 54 valence electrons. The zero-order valence-electron chi connectivity index (χ0n) is 6.93. The molecule has 0 amide bonds. The fourth-order valence-electron chi connectivity index (χ4n) is 0.708. The van der Waals surface area contributed by atoms with Crippen molar-refractivity contribution < 1.29 is 4.79 Å². The Morgan fingerprint density at radius 2 is 2.00 bits per heavy atom. The smallest absolute Gasteiger partial charge is 0.146 e. The van der Waals surface area contributed by atoms with Crippen LogP contribution in [0.5, 0.6) is 0 Å². The Morgan fingerprint density at radius 3 is 2.10 bits per heavy atom. The minimum Gasteiger partial charge on any atom is -0.298 e. The standard InChI is InChI=1S/C7H12BNO/c1-7(2,3)6(10)5(8)4-9/h5H,8H2,1-3H3. The molecule has 0 rings (SSSR count). The van der Waals surface area contributed by atoms with Crippen LogP contribution in [-0.4, -0.2) is 13.6 Å². The summed E-state index contributed by atoms with van der Waals surface area (Å²) in [6.07, 6.45) is 0. The van der Waals surface area contributed by atoms with Crippen LogP contribution in [-0.2, 0) is 4.79 Å². The minimum absolute atomic E-state index is 0.00926. The van der Waals surface area contributed by atoms with E-state index in [0.717, 1.165) is 0 Å². The zero-order chi connectivity index (χ0) is 8.36. The van der Waals surface area contributed by atoms with E-state index in [1.807, 2.05) is 26.8 Å². The number of carbonyl (C=O) groups is 1. The van der Waals surface area contributed by atoms with Crippen LogP contribution >= 0.6 is 0 Å². The summed E-state index contributed by atoms with van der Waals surface area (Å²) in [5, 5.41) is 8.40. The lowest BCUT2D eigenvalue weighted by molar-refractivity contribution is -0.125. The van der Waals surface area contributed by atoms with E-state index in [1.54, 1.807) is 7.85 Å². The van der Waals surface area contributed by atoms with Crippen LogP contribution in [0.1, 0.15) is 20.8 Å². The van der Waals surface area contributed by atoms with E-state index in [2.05, 4.69) is 0 Å². The molecule has 3 heteroatoms. The lowest BCUT2D eigenvalue weighted by atomic mass is 9.74. The highest BCUT2D eigenvalue weighted by Gasteiger charge is 2.25. The molecule has 0 N–H and O–H groups in total. The molecule has 0 spiro atoms. The predicted octanol–water partition coefficient (Wildman–Crippen LogP) is 0.547. The summed E-state index contributed by atoms with van der Waals surface area (Å²) in [5.74, 6) is -0.463. The Labute approximate surface area is 62.6 Å². The molecule has 0 aliphatic heterocycles. The van der Waals surface area contributed by atoms with Gasteiger partial charge in [-0.2, -0.15) is 5.26 Å². The monoisotopic (exact) mass is 137 g/mol. The first kappa shape index (κ1) is 9.22. The third-order valence-electron chi connectivity index (χ3n) is 1.33. The first-order chi connectivity index (χ1) is 4.39. The normalized spacial score (nSPS) is 13.8. The molecule has 0 fully saturated rings. The van der Waals surface area contributed by atoms with E-state index in [1.165, 1.54) is 0 Å². The van der Waals surface area contributed by atoms with Gasteiger partial charge in [0.1, 0.15) is 13.6 Å². The predicted molar refractivity (Wildman–Crippen MR) is 42.4 cm³/mol. The lowest BCUT2D eigenvalue weighted by Crippen LogP contribution is -2.24. The zero-order valence-corrected chi connectivity index (χ0v) is 6.93. The molecule has 2 nitrogen and oxygen atoms in total. The number of nitriles is 1. The number of nitrogens with zero attached hydrogens (tertiary/aromatic N) is 1. The average Bonchev–Trinajstić information content (AvgIpc) is 1.83. The van der Waals surface area contributed by atoms with Gasteiger partial charge < -0.3 is 0 Å². The van der Waals surface area contributed by atoms with Gasteiger partial charge in [0.2, 0.25) is 0 Å². The maximum atomic E-state index is 11.2. The van der Waals surface area contributed by atoms with Crippen LogP contribution in [0.15, 0.2) is 0 Å². The molecule has 1 atom stereocenters. The average molecular weight is 137 g/mol. The Balaban J connectivity index is 4.27. The Hall–Kier alpha value is -0.775. The second-order valence-corrected chi connectivity index (χ2v) is 3.47. The van der Waals surface area contributed by atoms with Crippen molar-refractivity contribution in [3.05, 3.63) is 0 Å². The minimum atomic E-state index is -0.472. The molecule has 0 aliphatic carbocycles. The van der Waals surface area contributed by atoms with Crippen molar-refractivity contribution in [2.45, 2.75) is 26.6 Å². The topological polar surface area (TPSA) is 40.9 Å². The highest BCUT2D eigenvalue weighted by atomic mass is 16.1. The third kappa shape index (κ3) is 2.22. The largest absolute Gasteiger partial charge is 0.298 e. The Bertz CT molecular complexity index is 175. The quantitative estimate of drug-likeness (QED) is 0.495. The highest BCUT2D eigenvalue weighted by Crippen LogP contribution is 2.20. The third-order valence-corrected chi connectivity index (χ3v) is 1.33. The molecule has 0 saturated carbocycles. The van der Waals surface area contributed by atoms with Gasteiger partial charge in [-0.15, -0.1) is 0 Å². The number of hydrogen-bond acceptors (Lipinski definition) is 2. The van der Waals surface area contributed by atoms with Crippen molar-refractivity contribution in [2.75, 3.05) is 0 Å². The summed E-state index contributed by atoms with van der Waals surface area (Å²) in [5.41, 5.74) is -0.380. The first-order valence-electron chi connectivity index (χ1n) is 3.33. The first-order valence-corrected chi connectivity index (χ1v) is 3.33. The summed E-state index contributed by atoms with van der Waals surface area (Å²) >= 11 is 0. The molecule has 0 heterocycles. The molecule has 0 saturated heterocycles. The molecule has 0 aromatic carbocycles. The van der Waals surface area contributed by atoms with Gasteiger partial charge in [0.15, 0.2) is 0 Å². The molecular formula is C7H12BNO. The highest BCUT2D eigenvalue weighted by molar-refractivity contribution is 6.27. The second kappa shape index (κ2) is 2.87. The van der Waals surface area contributed by atoms with Crippen LogP contribution in [0.25, 0.3) is 0 Å². The van der Waals surface area contributed by atoms with Gasteiger partial charge in [0.25, 0.3) is 0 Å². The van der Waals surface area contributed by atoms with Crippen molar-refractivity contribution >= 4 is 13.6 Å². The van der Waals surface area contributed by atoms with E-state index < -0.39 is 5.82 Å². The summed E-state index contributed by atoms with van der Waals surface area (Å²) < 4.78 is 0. The van der Waals surface area contributed by atoms with Gasteiger partial charge in [0.05, 0.1) is 11.9 Å². The molecule has 0 radical (unpaired) electrons. The number of hydrogen-bond donors (Lipinski definition) is 0. The van der Waals surface area contributed by atoms with Crippen LogP contribution in [0.3, 0.4) is 0 Å². The van der Waals surface area contributed by atoms with Gasteiger partial charge in [-0.3, -0.25) is 4.79 Å². The number of rotatable bonds is 1. The molecular weight excluding hydrogens is 125 g/mol. The van der Waals surface area contributed by atoms with Gasteiger partial charge in [-0.25, -0.2) is 0 Å². The van der Waals surface area contributed by atoms with Crippen molar-refractivity contribution in [3.63, 3.8) is 0 Å². The van der Waals surface area contributed by atoms with Crippen LogP contribution < -0.4 is 0 Å². The van der Waals surface area contributed by atoms with Gasteiger partial charge in [0, 0.05) is 5.41 Å². The summed E-state index contributed by atoms with van der Waals surface area (Å²) in [6, 6.07) is 1.92. The summed E-state index contributed by atoms with van der Waals surface area (Å²) in [6.45, 7) is 5.47. The molecule has 0 bridgehead atoms. The number of Topliss-reactive ketones (excluding diaryl/α,β-unsaturated/α-hetero) is 1. The van der Waals surface area contributed by atoms with E-state index in [4.69, 9.17) is 5.26 Å². The molecule has 10 heavy (non-hydrogen) atoms. The lowest BCUT2D eigenvalue weighted by Gasteiger charge is -2.17. The SMILES string of the molecule is BC(C#N)C(=O)C(C)(C)C. The summed E-state index contributed by atoms with van der Waals surface area (Å²) in [4.78, 5) is 11.2. The second-order valence-electron chi connectivity index (χ2n) is 3.47. The van der Waals surface area contributed by atoms with Crippen molar-refractivity contribution in [1.29, 1.82) is 5.26 Å². The Morgan fingerprint density at radius 1 is 1.60 bits per heavy atom. The van der Waals surface area contributed by atoms with Crippen molar-refractivity contribution in [2.24, 2.45) is 5.41 Å². The van der Waals surface area contributed by atoms with Crippen LogP contribution in [0.4, 0.5) is 0 Å². The molecule has 1 unspecified atom stereocenters. The van der Waals surface area contributed by atoms with E-state index in [9.17, 15) is 4.79 Å². The van der Waals surface area contributed by atoms with Crippen LogP contribution in [0.2, 0.25) is 5.82 Å². The number of carbonyl (C=O) groups excluding carboxylic acids is 1. The maximum Gasteiger partial charge on any atom is 0.146 e. The van der Waals surface area contributed by atoms with E-state index >= 15 is 0 Å². The van der Waals surface area contributed by atoms with E-state index in [-0.39, 0.29) is 11.2 Å². The van der Waals surface area contributed by atoms with Gasteiger partial charge >= 0.3 is 0 Å². The van der Waals surface area contributed by atoms with E-state index in [0.29, 0.717) is 0 Å². The Kier molecular flexibility index (Phi) is 2.65. The number of ketones is 1. The maximum absolute atomic E-state index is 11.2. The fourth-order valence-corrected chi connectivity index (χ4v) is 0.708. The molecule has 0 aliphatic rings. The van der Waals surface area contributed by atoms with Gasteiger partial charge in [-0.05, 0) is 0 Å².